The van der Waals surface area contributed by atoms with E-state index in [1.807, 2.05) is 26.2 Å². The molecule has 0 fully saturated rings. The standard InChI is InChI=1S/C17H29N3O4S/c1-11(2)14-18-12(10-25-14)8-20(6)16(22)19-13(15(21)23-7)9-24-17(3,4)5/h10-11,13H,8-9H2,1-7H3,(H,19,22)/t13-/m0/s1. The number of thiazole rings is 1. The van der Waals surface area contributed by atoms with Crippen LogP contribution in [-0.2, 0) is 20.8 Å². The molecule has 142 valence electrons. The quantitative estimate of drug-likeness (QED) is 0.746. The van der Waals surface area contributed by atoms with Crippen LogP contribution in [0.3, 0.4) is 0 Å². The van der Waals surface area contributed by atoms with Crippen molar-refractivity contribution in [2.75, 3.05) is 20.8 Å². The number of hydrogen-bond acceptors (Lipinski definition) is 6. The second kappa shape index (κ2) is 9.15. The second-order valence-corrected chi connectivity index (χ2v) is 8.03. The van der Waals surface area contributed by atoms with Crippen molar-refractivity contribution in [1.29, 1.82) is 0 Å². The summed E-state index contributed by atoms with van der Waals surface area (Å²) < 4.78 is 10.3. The van der Waals surface area contributed by atoms with Gasteiger partial charge in [0.2, 0.25) is 0 Å². The number of esters is 1. The average Bonchev–Trinajstić information content (AvgIpc) is 2.98. The van der Waals surface area contributed by atoms with E-state index in [1.54, 1.807) is 18.4 Å². The number of nitrogens with zero attached hydrogens (tertiary/aromatic N) is 2. The minimum absolute atomic E-state index is 0.0456. The highest BCUT2D eigenvalue weighted by molar-refractivity contribution is 7.09. The van der Waals surface area contributed by atoms with Crippen LogP contribution in [0.25, 0.3) is 0 Å². The smallest absolute Gasteiger partial charge is 0.330 e. The first-order valence-electron chi connectivity index (χ1n) is 8.21. The van der Waals surface area contributed by atoms with Crippen LogP contribution in [-0.4, -0.2) is 54.3 Å². The summed E-state index contributed by atoms with van der Waals surface area (Å²) in [6.07, 6.45) is 0. The molecule has 1 heterocycles. The molecule has 0 bridgehead atoms. The lowest BCUT2D eigenvalue weighted by Gasteiger charge is -2.25. The SMILES string of the molecule is COC(=O)[C@H](COC(C)(C)C)NC(=O)N(C)Cc1csc(C(C)C)n1. The third kappa shape index (κ3) is 7.39. The summed E-state index contributed by atoms with van der Waals surface area (Å²) in [5.74, 6) is -0.183. The van der Waals surface area contributed by atoms with Gasteiger partial charge in [0.25, 0.3) is 0 Å². The summed E-state index contributed by atoms with van der Waals surface area (Å²) in [5, 5.41) is 5.63. The van der Waals surface area contributed by atoms with E-state index in [-0.39, 0.29) is 12.6 Å². The van der Waals surface area contributed by atoms with Crippen molar-refractivity contribution in [3.05, 3.63) is 16.1 Å². The van der Waals surface area contributed by atoms with E-state index in [4.69, 9.17) is 9.47 Å². The molecular formula is C17H29N3O4S. The van der Waals surface area contributed by atoms with E-state index in [2.05, 4.69) is 24.1 Å². The third-order valence-corrected chi connectivity index (χ3v) is 4.47. The van der Waals surface area contributed by atoms with Crippen LogP contribution in [0.1, 0.15) is 51.2 Å². The first kappa shape index (κ1) is 21.4. The minimum atomic E-state index is -0.860. The number of nitrogens with one attached hydrogen (secondary N) is 1. The number of ether oxygens (including phenoxy) is 2. The van der Waals surface area contributed by atoms with Crippen LogP contribution in [0, 0.1) is 0 Å². The van der Waals surface area contributed by atoms with Crippen LogP contribution in [0.4, 0.5) is 4.79 Å². The Hall–Kier alpha value is -1.67. The molecule has 0 aliphatic rings. The number of amides is 2. The van der Waals surface area contributed by atoms with Gasteiger partial charge in [0.1, 0.15) is 0 Å². The predicted octanol–water partition coefficient (Wildman–Crippen LogP) is 2.76. The molecule has 1 atom stereocenters. The van der Waals surface area contributed by atoms with Crippen LogP contribution in [0.5, 0.6) is 0 Å². The van der Waals surface area contributed by atoms with Crippen molar-refractivity contribution in [2.45, 2.75) is 58.7 Å². The molecule has 7 nitrogen and oxygen atoms in total. The largest absolute Gasteiger partial charge is 0.467 e. The number of carbonyl (C=O) groups is 2. The van der Waals surface area contributed by atoms with Crippen LogP contribution in [0.15, 0.2) is 5.38 Å². The number of aromatic nitrogens is 1. The van der Waals surface area contributed by atoms with Gasteiger partial charge in [0.05, 0.1) is 36.6 Å². The molecule has 0 aliphatic heterocycles. The summed E-state index contributed by atoms with van der Waals surface area (Å²) in [4.78, 5) is 30.2. The molecule has 0 spiro atoms. The summed E-state index contributed by atoms with van der Waals surface area (Å²) >= 11 is 1.58. The summed E-state index contributed by atoms with van der Waals surface area (Å²) in [5.41, 5.74) is 0.406. The molecular weight excluding hydrogens is 342 g/mol. The van der Waals surface area contributed by atoms with E-state index in [9.17, 15) is 9.59 Å². The molecule has 0 aromatic carbocycles. The maximum Gasteiger partial charge on any atom is 0.330 e. The number of rotatable bonds is 7. The van der Waals surface area contributed by atoms with Crippen LogP contribution in [0.2, 0.25) is 0 Å². The van der Waals surface area contributed by atoms with Gasteiger partial charge >= 0.3 is 12.0 Å². The van der Waals surface area contributed by atoms with E-state index in [0.29, 0.717) is 12.5 Å². The Balaban J connectivity index is 2.66. The van der Waals surface area contributed by atoms with Crippen molar-refractivity contribution in [3.8, 4) is 0 Å². The number of hydrogen-bond donors (Lipinski definition) is 1. The van der Waals surface area contributed by atoms with E-state index >= 15 is 0 Å². The van der Waals surface area contributed by atoms with Gasteiger partial charge in [-0.05, 0) is 20.8 Å². The van der Waals surface area contributed by atoms with Gasteiger partial charge in [0.15, 0.2) is 6.04 Å². The van der Waals surface area contributed by atoms with E-state index in [0.717, 1.165) is 10.7 Å². The lowest BCUT2D eigenvalue weighted by atomic mass is 10.2. The van der Waals surface area contributed by atoms with Gasteiger partial charge in [-0.2, -0.15) is 0 Å². The number of methoxy groups -OCH3 is 1. The molecule has 0 unspecified atom stereocenters. The summed E-state index contributed by atoms with van der Waals surface area (Å²) in [6, 6.07) is -1.24. The molecule has 0 radical (unpaired) electrons. The summed E-state index contributed by atoms with van der Waals surface area (Å²) in [7, 11) is 2.94. The van der Waals surface area contributed by atoms with Gasteiger partial charge in [-0.3, -0.25) is 0 Å². The molecule has 0 saturated carbocycles. The van der Waals surface area contributed by atoms with E-state index in [1.165, 1.54) is 12.0 Å². The fraction of sp³-hybridized carbons (Fsp3) is 0.706. The molecule has 2 amide bonds. The van der Waals surface area contributed by atoms with Gasteiger partial charge < -0.3 is 19.7 Å². The lowest BCUT2D eigenvalue weighted by Crippen LogP contribution is -2.50. The average molecular weight is 372 g/mol. The first-order valence-corrected chi connectivity index (χ1v) is 9.09. The third-order valence-electron chi connectivity index (χ3n) is 3.28. The Morgan fingerprint density at radius 1 is 1.36 bits per heavy atom. The molecule has 0 saturated heterocycles. The fourth-order valence-electron chi connectivity index (χ4n) is 1.88. The Morgan fingerprint density at radius 3 is 2.48 bits per heavy atom. The topological polar surface area (TPSA) is 80.8 Å². The second-order valence-electron chi connectivity index (χ2n) is 7.14. The maximum atomic E-state index is 12.4. The Labute approximate surface area is 153 Å². The molecule has 8 heteroatoms. The van der Waals surface area contributed by atoms with Gasteiger partial charge in [-0.25, -0.2) is 14.6 Å². The lowest BCUT2D eigenvalue weighted by molar-refractivity contribution is -0.146. The van der Waals surface area contributed by atoms with Crippen molar-refractivity contribution >= 4 is 23.3 Å². The maximum absolute atomic E-state index is 12.4. The zero-order valence-corrected chi connectivity index (χ0v) is 16.9. The monoisotopic (exact) mass is 371 g/mol. The molecule has 1 aromatic rings. The molecule has 1 aromatic heterocycles. The molecule has 25 heavy (non-hydrogen) atoms. The summed E-state index contributed by atoms with van der Waals surface area (Å²) in [6.45, 7) is 10.2. The van der Waals surface area contributed by atoms with Crippen molar-refractivity contribution < 1.29 is 19.1 Å². The molecule has 1 rings (SSSR count). The normalized spacial score (nSPS) is 12.8. The molecule has 1 N–H and O–H groups in total. The Bertz CT molecular complexity index is 581. The zero-order chi connectivity index (χ0) is 19.2. The van der Waals surface area contributed by atoms with E-state index < -0.39 is 17.6 Å². The van der Waals surface area contributed by atoms with Crippen LogP contribution < -0.4 is 5.32 Å². The highest BCUT2D eigenvalue weighted by Gasteiger charge is 2.26. The van der Waals surface area contributed by atoms with Crippen LogP contribution >= 0.6 is 11.3 Å². The van der Waals surface area contributed by atoms with Crippen molar-refractivity contribution in [3.63, 3.8) is 0 Å². The zero-order valence-electron chi connectivity index (χ0n) is 16.1. The highest BCUT2D eigenvalue weighted by atomic mass is 32.1. The number of urea groups is 1. The molecule has 0 aliphatic carbocycles. The number of carbonyl (C=O) groups excluding carboxylic acids is 2. The van der Waals surface area contributed by atoms with Crippen molar-refractivity contribution in [1.82, 2.24) is 15.2 Å². The van der Waals surface area contributed by atoms with Gasteiger partial charge in [0, 0.05) is 18.3 Å². The van der Waals surface area contributed by atoms with Gasteiger partial charge in [-0.15, -0.1) is 11.3 Å². The fourth-order valence-corrected chi connectivity index (χ4v) is 2.70. The van der Waals surface area contributed by atoms with Crippen molar-refractivity contribution in [2.24, 2.45) is 0 Å². The Morgan fingerprint density at radius 2 is 2.00 bits per heavy atom. The predicted molar refractivity (Wildman–Crippen MR) is 97.7 cm³/mol. The van der Waals surface area contributed by atoms with Gasteiger partial charge in [-0.1, -0.05) is 13.8 Å². The first-order chi connectivity index (χ1) is 11.5. The minimum Gasteiger partial charge on any atom is -0.467 e. The highest BCUT2D eigenvalue weighted by Crippen LogP contribution is 2.19. The Kier molecular flexibility index (Phi) is 7.82.